The molecule has 0 fully saturated rings. The van der Waals surface area contributed by atoms with Crippen LogP contribution in [0.25, 0.3) is 0 Å². The summed E-state index contributed by atoms with van der Waals surface area (Å²) in [6.45, 7) is 0. The number of rotatable bonds is 6. The van der Waals surface area contributed by atoms with E-state index in [4.69, 9.17) is 4.74 Å². The number of nitrogens with zero attached hydrogens (tertiary/aromatic N) is 1. The minimum Gasteiger partial charge on any atom is -0.493 e. The molecule has 0 aliphatic rings. The lowest BCUT2D eigenvalue weighted by Crippen LogP contribution is -2.43. The molecular weight excluding hydrogens is 387 g/mol. The molecule has 0 unspecified atom stereocenters. The van der Waals surface area contributed by atoms with E-state index in [9.17, 15) is 26.7 Å². The molecule has 0 spiro atoms. The Bertz CT molecular complexity index is 859. The minimum absolute atomic E-state index is 0.159. The van der Waals surface area contributed by atoms with Gasteiger partial charge in [-0.15, -0.1) is 0 Å². The highest BCUT2D eigenvalue weighted by Crippen LogP contribution is 2.46. The van der Waals surface area contributed by atoms with Crippen molar-refractivity contribution in [2.75, 3.05) is 26.5 Å². The van der Waals surface area contributed by atoms with Crippen molar-refractivity contribution in [3.05, 3.63) is 53.8 Å². The van der Waals surface area contributed by atoms with E-state index in [1.807, 2.05) is 0 Å². The molecule has 5 nitrogen and oxygen atoms in total. The molecular formula is C18H17F5N2O3. The Morgan fingerprint density at radius 1 is 1.04 bits per heavy atom. The Balaban J connectivity index is 2.32. The number of amides is 2. The second kappa shape index (κ2) is 7.91. The van der Waals surface area contributed by atoms with E-state index < -0.39 is 35.2 Å². The fraction of sp³-hybridized carbons (Fsp3) is 0.278. The molecule has 0 aliphatic carbocycles. The molecule has 0 aliphatic heterocycles. The number of carbonyl (C=O) groups excluding carboxylic acids is 1. The molecule has 1 N–H and O–H groups in total. The topological polar surface area (TPSA) is 50.8 Å². The van der Waals surface area contributed by atoms with Gasteiger partial charge in [0.25, 0.3) is 0 Å². The van der Waals surface area contributed by atoms with Gasteiger partial charge in [0.2, 0.25) is 0 Å². The van der Waals surface area contributed by atoms with Gasteiger partial charge in [-0.25, -0.2) is 9.18 Å². The van der Waals surface area contributed by atoms with Crippen LogP contribution < -0.4 is 14.8 Å². The van der Waals surface area contributed by atoms with Crippen molar-refractivity contribution >= 4 is 11.7 Å². The van der Waals surface area contributed by atoms with E-state index in [-0.39, 0.29) is 11.4 Å². The lowest BCUT2D eigenvalue weighted by Gasteiger charge is -2.27. The van der Waals surface area contributed by atoms with Gasteiger partial charge in [-0.2, -0.15) is 17.6 Å². The van der Waals surface area contributed by atoms with Crippen LogP contribution >= 0.6 is 0 Å². The first kappa shape index (κ1) is 21.3. The van der Waals surface area contributed by atoms with Crippen LogP contribution in [0.4, 0.5) is 32.4 Å². The molecule has 0 heterocycles. The predicted molar refractivity (Wildman–Crippen MR) is 91.6 cm³/mol. The summed E-state index contributed by atoms with van der Waals surface area (Å²) in [5, 5.41) is 2.44. The Morgan fingerprint density at radius 3 is 2.25 bits per heavy atom. The van der Waals surface area contributed by atoms with Gasteiger partial charge < -0.3 is 19.7 Å². The summed E-state index contributed by atoms with van der Waals surface area (Å²) in [6, 6.07) is 5.99. The van der Waals surface area contributed by atoms with E-state index in [1.165, 1.54) is 19.0 Å². The number of alkyl halides is 4. The fourth-order valence-corrected chi connectivity index (χ4v) is 2.14. The molecule has 2 rings (SSSR count). The summed E-state index contributed by atoms with van der Waals surface area (Å²) in [7, 11) is 4.07. The summed E-state index contributed by atoms with van der Waals surface area (Å²) >= 11 is 0. The highest BCUT2D eigenvalue weighted by molar-refractivity contribution is 5.89. The molecule has 0 aromatic heterocycles. The van der Waals surface area contributed by atoms with E-state index in [2.05, 4.69) is 10.1 Å². The maximum atomic E-state index is 14.2. The number of urea groups is 1. The summed E-state index contributed by atoms with van der Waals surface area (Å²) in [5.41, 5.74) is -1.35. The number of hydrogen-bond acceptors (Lipinski definition) is 3. The smallest absolute Gasteiger partial charge is 0.469 e. The van der Waals surface area contributed by atoms with E-state index >= 15 is 0 Å². The first-order chi connectivity index (χ1) is 13.0. The highest BCUT2D eigenvalue weighted by atomic mass is 19.3. The van der Waals surface area contributed by atoms with Crippen molar-refractivity contribution in [3.63, 3.8) is 0 Å². The van der Waals surface area contributed by atoms with Gasteiger partial charge in [0.1, 0.15) is 5.82 Å². The van der Waals surface area contributed by atoms with Crippen LogP contribution in [0, 0.1) is 5.82 Å². The Hall–Kier alpha value is -3.04. The first-order valence-corrected chi connectivity index (χ1v) is 7.85. The molecule has 2 amide bonds. The molecule has 28 heavy (non-hydrogen) atoms. The maximum absolute atomic E-state index is 14.2. The Labute approximate surface area is 157 Å². The summed E-state index contributed by atoms with van der Waals surface area (Å²) in [6.07, 6.45) is -5.09. The molecule has 0 bridgehead atoms. The second-order valence-corrected chi connectivity index (χ2v) is 5.86. The highest BCUT2D eigenvalue weighted by Gasteiger charge is 2.62. The number of ether oxygens (including phenoxy) is 2. The van der Waals surface area contributed by atoms with E-state index in [1.54, 1.807) is 0 Å². The summed E-state index contributed by atoms with van der Waals surface area (Å²) in [5.74, 6) is -7.50. The summed E-state index contributed by atoms with van der Waals surface area (Å²) in [4.78, 5) is 12.9. The fourth-order valence-electron chi connectivity index (χ4n) is 2.14. The standard InChI is InChI=1S/C18H17F5N2O3/c1-25(2)16(26)24-11-8-9-14(15(10-11)27-3)28-18(22,23)17(20,21)12-6-4-5-7-13(12)19/h4-10H,1-3H3,(H,24,26). The molecule has 10 heteroatoms. The SMILES string of the molecule is COc1cc(NC(=O)N(C)C)ccc1OC(F)(F)C(F)(F)c1ccccc1F. The van der Waals surface area contributed by atoms with Gasteiger partial charge in [0.15, 0.2) is 11.5 Å². The third-order valence-electron chi connectivity index (χ3n) is 3.64. The average molecular weight is 404 g/mol. The van der Waals surface area contributed by atoms with E-state index in [0.717, 1.165) is 37.4 Å². The zero-order chi connectivity index (χ0) is 21.1. The lowest BCUT2D eigenvalue weighted by molar-refractivity contribution is -0.317. The van der Waals surface area contributed by atoms with Gasteiger partial charge in [-0.3, -0.25) is 0 Å². The molecule has 2 aromatic carbocycles. The third kappa shape index (κ3) is 4.26. The normalized spacial score (nSPS) is 11.7. The quantitative estimate of drug-likeness (QED) is 0.711. The number of hydrogen-bond donors (Lipinski definition) is 1. The van der Waals surface area contributed by atoms with Crippen LogP contribution in [0.5, 0.6) is 11.5 Å². The molecule has 0 saturated heterocycles. The second-order valence-electron chi connectivity index (χ2n) is 5.86. The minimum atomic E-state index is -5.09. The van der Waals surface area contributed by atoms with E-state index in [0.29, 0.717) is 12.1 Å². The summed E-state index contributed by atoms with van der Waals surface area (Å²) < 4.78 is 79.6. The van der Waals surface area contributed by atoms with Crippen LogP contribution in [0.15, 0.2) is 42.5 Å². The lowest BCUT2D eigenvalue weighted by atomic mass is 10.1. The Kier molecular flexibility index (Phi) is 6.01. The van der Waals surface area contributed by atoms with Crippen molar-refractivity contribution in [2.45, 2.75) is 12.0 Å². The monoisotopic (exact) mass is 404 g/mol. The zero-order valence-corrected chi connectivity index (χ0v) is 15.1. The van der Waals surface area contributed by atoms with Gasteiger partial charge in [0.05, 0.1) is 12.7 Å². The van der Waals surface area contributed by atoms with Gasteiger partial charge in [-0.05, 0) is 24.3 Å². The zero-order valence-electron chi connectivity index (χ0n) is 15.1. The molecule has 0 radical (unpaired) electrons. The number of halogens is 5. The van der Waals surface area contributed by atoms with Crippen molar-refractivity contribution in [1.82, 2.24) is 4.90 Å². The van der Waals surface area contributed by atoms with Crippen molar-refractivity contribution in [2.24, 2.45) is 0 Å². The van der Waals surface area contributed by atoms with Crippen LogP contribution in [-0.2, 0) is 5.92 Å². The maximum Gasteiger partial charge on any atom is 0.469 e. The predicted octanol–water partition coefficient (Wildman–Crippen LogP) is 4.69. The van der Waals surface area contributed by atoms with Gasteiger partial charge in [-0.1, -0.05) is 12.1 Å². The number of anilines is 1. The van der Waals surface area contributed by atoms with Crippen LogP contribution in [0.3, 0.4) is 0 Å². The molecule has 0 saturated carbocycles. The number of nitrogens with one attached hydrogen (secondary N) is 1. The molecule has 0 atom stereocenters. The van der Waals surface area contributed by atoms with Crippen LogP contribution in [0.1, 0.15) is 5.56 Å². The Morgan fingerprint density at radius 2 is 1.68 bits per heavy atom. The van der Waals surface area contributed by atoms with Gasteiger partial charge >= 0.3 is 18.1 Å². The number of methoxy groups -OCH3 is 1. The average Bonchev–Trinajstić information content (AvgIpc) is 2.62. The largest absolute Gasteiger partial charge is 0.493 e. The van der Waals surface area contributed by atoms with Crippen molar-refractivity contribution in [1.29, 1.82) is 0 Å². The van der Waals surface area contributed by atoms with Crippen LogP contribution in [0.2, 0.25) is 0 Å². The van der Waals surface area contributed by atoms with Crippen LogP contribution in [-0.4, -0.2) is 38.2 Å². The molecule has 2 aromatic rings. The molecule has 152 valence electrons. The van der Waals surface area contributed by atoms with Crippen molar-refractivity contribution < 1.29 is 36.2 Å². The third-order valence-corrected chi connectivity index (χ3v) is 3.64. The van der Waals surface area contributed by atoms with Crippen molar-refractivity contribution in [3.8, 4) is 11.5 Å². The van der Waals surface area contributed by atoms with Gasteiger partial charge in [0, 0.05) is 25.8 Å². The number of benzene rings is 2. The number of carbonyl (C=O) groups is 1. The first-order valence-electron chi connectivity index (χ1n) is 7.85.